The molecule has 8 heteroatoms. The molecule has 2 aromatic carbocycles. The van der Waals surface area contributed by atoms with Crippen LogP contribution in [0, 0.1) is 11.3 Å². The van der Waals surface area contributed by atoms with E-state index in [1.54, 1.807) is 0 Å². The number of benzene rings is 2. The fourth-order valence-electron chi connectivity index (χ4n) is 3.72. The van der Waals surface area contributed by atoms with Crippen molar-refractivity contribution in [2.75, 3.05) is 0 Å². The number of carbonyl (C=O) groups is 2. The van der Waals surface area contributed by atoms with Gasteiger partial charge in [-0.05, 0) is 54.5 Å². The molecule has 1 aromatic heterocycles. The van der Waals surface area contributed by atoms with Crippen LogP contribution in [0.15, 0.2) is 59.1 Å². The normalized spacial score (nSPS) is 13.3. The van der Waals surface area contributed by atoms with Crippen LogP contribution in [0.5, 0.6) is 0 Å². The number of hydrogen-bond acceptors (Lipinski definition) is 5. The van der Waals surface area contributed by atoms with E-state index in [4.69, 9.17) is 16.1 Å². The minimum atomic E-state index is -1.01. The highest BCUT2D eigenvalue weighted by molar-refractivity contribution is 6.30. The number of nitrogens with one attached hydrogen (secondary N) is 1. The fraction of sp³-hybridized carbons (Fsp3) is 0.385. The van der Waals surface area contributed by atoms with Gasteiger partial charge in [0.15, 0.2) is 5.82 Å². The molecule has 0 aliphatic carbocycles. The Balaban J connectivity index is 1.71. The lowest BCUT2D eigenvalue weighted by Gasteiger charge is -2.30. The van der Waals surface area contributed by atoms with Crippen LogP contribution in [0.25, 0.3) is 11.5 Å². The van der Waals surface area contributed by atoms with E-state index in [-0.39, 0.29) is 12.3 Å². The summed E-state index contributed by atoms with van der Waals surface area (Å²) in [7, 11) is 0. The van der Waals surface area contributed by atoms with Gasteiger partial charge in [0.05, 0.1) is 12.5 Å². The Hall–Kier alpha value is -3.19. The number of rotatable bonds is 10. The molecule has 0 fully saturated rings. The Morgan fingerprint density at radius 3 is 2.38 bits per heavy atom. The predicted octanol–water partition coefficient (Wildman–Crippen LogP) is 5.71. The molecule has 0 aliphatic rings. The molecule has 0 spiro atoms. The monoisotopic (exact) mass is 483 g/mol. The van der Waals surface area contributed by atoms with Crippen LogP contribution < -0.4 is 5.32 Å². The van der Waals surface area contributed by atoms with E-state index in [9.17, 15) is 14.7 Å². The maximum Gasteiger partial charge on any atom is 0.304 e. The number of carboxylic acid groups (broad SMARTS) is 1. The molecule has 3 aromatic rings. The quantitative estimate of drug-likeness (QED) is 0.382. The molecular formula is C26H30ClN3O4. The summed E-state index contributed by atoms with van der Waals surface area (Å²) in [4.78, 5) is 29.2. The second kappa shape index (κ2) is 11.3. The number of amides is 1. The van der Waals surface area contributed by atoms with Crippen molar-refractivity contribution in [2.45, 2.75) is 52.5 Å². The highest BCUT2D eigenvalue weighted by atomic mass is 35.5. The van der Waals surface area contributed by atoms with Crippen molar-refractivity contribution in [1.29, 1.82) is 0 Å². The van der Waals surface area contributed by atoms with Gasteiger partial charge in [-0.15, -0.1) is 0 Å². The van der Waals surface area contributed by atoms with Gasteiger partial charge in [0, 0.05) is 16.5 Å². The van der Waals surface area contributed by atoms with Crippen molar-refractivity contribution in [3.63, 3.8) is 0 Å². The standard InChI is InChI=1S/C26H30ClN3O4/c1-26(2,3)22(23-29-25(34-30-23)18-9-5-4-6-10-18)28-24(33)19(16-21(31)32)11-7-8-17-12-14-20(27)15-13-17/h4-6,9-10,12-15,19,22H,7-8,11,16H2,1-3H3,(H,28,33)(H,31,32)/t19-,22?/m1/s1. The molecule has 0 aliphatic heterocycles. The van der Waals surface area contributed by atoms with Crippen LogP contribution in [0.4, 0.5) is 0 Å². The average molecular weight is 484 g/mol. The van der Waals surface area contributed by atoms with Gasteiger partial charge in [0.1, 0.15) is 0 Å². The van der Waals surface area contributed by atoms with Crippen molar-refractivity contribution in [3.8, 4) is 11.5 Å². The van der Waals surface area contributed by atoms with Gasteiger partial charge in [-0.1, -0.05) is 67.9 Å². The van der Waals surface area contributed by atoms with Crippen LogP contribution in [-0.4, -0.2) is 27.1 Å². The number of aryl methyl sites for hydroxylation is 1. The molecule has 0 saturated heterocycles. The zero-order valence-corrected chi connectivity index (χ0v) is 20.4. The molecule has 1 heterocycles. The third-order valence-corrected chi connectivity index (χ3v) is 5.85. The first kappa shape index (κ1) is 25.4. The molecule has 2 N–H and O–H groups in total. The summed E-state index contributed by atoms with van der Waals surface area (Å²) in [6.45, 7) is 5.88. The average Bonchev–Trinajstić information content (AvgIpc) is 3.27. The van der Waals surface area contributed by atoms with Crippen LogP contribution in [0.3, 0.4) is 0 Å². The van der Waals surface area contributed by atoms with Crippen molar-refractivity contribution >= 4 is 23.5 Å². The van der Waals surface area contributed by atoms with E-state index < -0.39 is 23.3 Å². The third-order valence-electron chi connectivity index (χ3n) is 5.60. The molecule has 3 rings (SSSR count). The largest absolute Gasteiger partial charge is 0.481 e. The van der Waals surface area contributed by atoms with Crippen molar-refractivity contribution in [3.05, 3.63) is 71.0 Å². The van der Waals surface area contributed by atoms with E-state index in [0.717, 1.165) is 17.5 Å². The summed E-state index contributed by atoms with van der Waals surface area (Å²) in [6, 6.07) is 16.3. The molecule has 1 unspecified atom stereocenters. The minimum absolute atomic E-state index is 0.245. The highest BCUT2D eigenvalue weighted by Crippen LogP contribution is 2.33. The lowest BCUT2D eigenvalue weighted by molar-refractivity contribution is -0.141. The second-order valence-electron chi connectivity index (χ2n) is 9.44. The van der Waals surface area contributed by atoms with Crippen molar-refractivity contribution in [1.82, 2.24) is 15.5 Å². The first-order valence-electron chi connectivity index (χ1n) is 11.3. The Bertz CT molecular complexity index is 1090. The number of halogens is 1. The fourth-order valence-corrected chi connectivity index (χ4v) is 3.84. The van der Waals surface area contributed by atoms with Crippen molar-refractivity contribution < 1.29 is 19.2 Å². The molecule has 180 valence electrons. The lowest BCUT2D eigenvalue weighted by atomic mass is 9.85. The molecule has 2 atom stereocenters. The first-order valence-corrected chi connectivity index (χ1v) is 11.7. The van der Waals surface area contributed by atoms with Crippen LogP contribution in [0.1, 0.15) is 57.5 Å². The zero-order chi connectivity index (χ0) is 24.7. The van der Waals surface area contributed by atoms with Crippen molar-refractivity contribution in [2.24, 2.45) is 11.3 Å². The molecule has 1 amide bonds. The Morgan fingerprint density at radius 2 is 1.76 bits per heavy atom. The van der Waals surface area contributed by atoms with Crippen LogP contribution in [0.2, 0.25) is 5.02 Å². The smallest absolute Gasteiger partial charge is 0.304 e. The number of aliphatic carboxylic acids is 1. The number of aromatic nitrogens is 2. The van der Waals surface area contributed by atoms with E-state index in [2.05, 4.69) is 15.5 Å². The maximum absolute atomic E-state index is 13.2. The Morgan fingerprint density at radius 1 is 1.09 bits per heavy atom. The second-order valence-corrected chi connectivity index (χ2v) is 9.88. The summed E-state index contributed by atoms with van der Waals surface area (Å²) in [6.07, 6.45) is 1.60. The van der Waals surface area contributed by atoms with Gasteiger partial charge >= 0.3 is 5.97 Å². The number of nitrogens with zero attached hydrogens (tertiary/aromatic N) is 2. The number of hydrogen-bond donors (Lipinski definition) is 2. The summed E-state index contributed by atoms with van der Waals surface area (Å²) in [5.41, 5.74) is 1.45. The van der Waals surface area contributed by atoms with Gasteiger partial charge in [-0.25, -0.2) is 0 Å². The molecular weight excluding hydrogens is 454 g/mol. The summed E-state index contributed by atoms with van der Waals surface area (Å²) < 4.78 is 5.44. The first-order chi connectivity index (χ1) is 16.1. The molecule has 7 nitrogen and oxygen atoms in total. The van der Waals surface area contributed by atoms with E-state index in [1.165, 1.54) is 0 Å². The van der Waals surface area contributed by atoms with Gasteiger partial charge in [0.2, 0.25) is 5.91 Å². The van der Waals surface area contributed by atoms with E-state index >= 15 is 0 Å². The van der Waals surface area contributed by atoms with Gasteiger partial charge in [-0.3, -0.25) is 9.59 Å². The van der Waals surface area contributed by atoms with E-state index in [1.807, 2.05) is 75.4 Å². The topological polar surface area (TPSA) is 105 Å². The molecule has 0 saturated carbocycles. The Labute approximate surface area is 204 Å². The van der Waals surface area contributed by atoms with E-state index in [0.29, 0.717) is 29.6 Å². The van der Waals surface area contributed by atoms with Crippen LogP contribution >= 0.6 is 11.6 Å². The predicted molar refractivity (Wildman–Crippen MR) is 130 cm³/mol. The summed E-state index contributed by atoms with van der Waals surface area (Å²) in [5, 5.41) is 17.2. The summed E-state index contributed by atoms with van der Waals surface area (Å²) >= 11 is 5.93. The molecule has 0 radical (unpaired) electrons. The maximum atomic E-state index is 13.2. The highest BCUT2D eigenvalue weighted by Gasteiger charge is 2.34. The zero-order valence-electron chi connectivity index (χ0n) is 19.6. The van der Waals surface area contributed by atoms with Gasteiger partial charge in [0.25, 0.3) is 5.89 Å². The number of carbonyl (C=O) groups excluding carboxylic acids is 1. The molecule has 0 bridgehead atoms. The SMILES string of the molecule is CC(C)(C)C(NC(=O)[C@H](CCCc1ccc(Cl)cc1)CC(=O)O)c1noc(-c2ccccc2)n1. The third kappa shape index (κ3) is 7.15. The Kier molecular flexibility index (Phi) is 8.45. The van der Waals surface area contributed by atoms with Crippen LogP contribution in [-0.2, 0) is 16.0 Å². The van der Waals surface area contributed by atoms with Gasteiger partial charge in [-0.2, -0.15) is 4.98 Å². The minimum Gasteiger partial charge on any atom is -0.481 e. The number of carboxylic acids is 1. The summed E-state index contributed by atoms with van der Waals surface area (Å²) in [5.74, 6) is -1.29. The van der Waals surface area contributed by atoms with Gasteiger partial charge < -0.3 is 14.9 Å². The lowest BCUT2D eigenvalue weighted by Crippen LogP contribution is -2.41. The molecule has 34 heavy (non-hydrogen) atoms.